The number of rotatable bonds is 10. The number of hydrogen-bond acceptors (Lipinski definition) is 5. The summed E-state index contributed by atoms with van der Waals surface area (Å²) in [5, 5.41) is 4.28. The van der Waals surface area contributed by atoms with Gasteiger partial charge in [0, 0.05) is 22.5 Å². The normalized spacial score (nSPS) is 17.7. The summed E-state index contributed by atoms with van der Waals surface area (Å²) in [6.07, 6.45) is 4.93. The first-order valence-corrected chi connectivity index (χ1v) is 14.5. The van der Waals surface area contributed by atoms with E-state index in [1.807, 2.05) is 23.5 Å². The van der Waals surface area contributed by atoms with E-state index in [1.54, 1.807) is 0 Å². The molecule has 6 heteroatoms. The molecule has 0 saturated carbocycles. The Morgan fingerprint density at radius 2 is 1.63 bits per heavy atom. The summed E-state index contributed by atoms with van der Waals surface area (Å²) in [6, 6.07) is 25.7. The van der Waals surface area contributed by atoms with Crippen molar-refractivity contribution in [2.75, 3.05) is 32.8 Å². The molecule has 6 rings (SSSR count). The Kier molecular flexibility index (Phi) is 7.61. The first-order valence-electron chi connectivity index (χ1n) is 13.7. The molecule has 0 bridgehead atoms. The molecular weight excluding hydrogens is 492 g/mol. The van der Waals surface area contributed by atoms with Crippen LogP contribution in [0.25, 0.3) is 20.5 Å². The van der Waals surface area contributed by atoms with Gasteiger partial charge < -0.3 is 14.8 Å². The average Bonchev–Trinajstić information content (AvgIpc) is 3.70. The Morgan fingerprint density at radius 1 is 0.895 bits per heavy atom. The molecule has 0 radical (unpaired) electrons. The molecule has 38 heavy (non-hydrogen) atoms. The van der Waals surface area contributed by atoms with E-state index in [1.165, 1.54) is 57.6 Å². The summed E-state index contributed by atoms with van der Waals surface area (Å²) >= 11 is 1.84. The number of nitrogens with one attached hydrogen (secondary N) is 1. The minimum absolute atomic E-state index is 0.109. The standard InChI is InChI=1S/C32H34N2O3S/c35-31-16-11-25(33-31)22-37-27-14-9-24(10-15-27)32-29(28-5-1-2-6-30(28)38-32)21-23-7-12-26(13-8-23)36-20-19-34-17-3-4-18-34/h1-2,5-10,12-15,25H,3-4,11,16-22H2,(H,33,35)/t25-/m1/s1. The molecule has 1 amide bonds. The molecular formula is C32H34N2O3S. The zero-order valence-corrected chi connectivity index (χ0v) is 22.5. The third-order valence-electron chi connectivity index (χ3n) is 7.53. The van der Waals surface area contributed by atoms with Gasteiger partial charge in [0.1, 0.15) is 24.7 Å². The van der Waals surface area contributed by atoms with Gasteiger partial charge in [0.15, 0.2) is 0 Å². The number of thiophene rings is 1. The van der Waals surface area contributed by atoms with Crippen molar-refractivity contribution in [3.05, 3.63) is 83.9 Å². The SMILES string of the molecule is O=C1CC[C@H](COc2ccc(-c3sc4ccccc4c3Cc3ccc(OCCN4CCCC4)cc3)cc2)N1. The molecule has 4 aromatic rings. The van der Waals surface area contributed by atoms with Crippen molar-refractivity contribution in [1.82, 2.24) is 10.2 Å². The van der Waals surface area contributed by atoms with Crippen molar-refractivity contribution in [2.45, 2.75) is 38.1 Å². The summed E-state index contributed by atoms with van der Waals surface area (Å²) in [7, 11) is 0. The molecule has 1 atom stereocenters. The largest absolute Gasteiger partial charge is 0.492 e. The first-order chi connectivity index (χ1) is 18.7. The topological polar surface area (TPSA) is 50.8 Å². The number of fused-ring (bicyclic) bond motifs is 1. The van der Waals surface area contributed by atoms with E-state index in [4.69, 9.17) is 9.47 Å². The number of benzene rings is 3. The van der Waals surface area contributed by atoms with Crippen molar-refractivity contribution in [3.63, 3.8) is 0 Å². The Bertz CT molecular complexity index is 1370. The van der Waals surface area contributed by atoms with E-state index in [2.05, 4.69) is 70.9 Å². The molecule has 2 aliphatic heterocycles. The molecule has 196 valence electrons. The smallest absolute Gasteiger partial charge is 0.220 e. The van der Waals surface area contributed by atoms with Gasteiger partial charge in [0.25, 0.3) is 0 Å². The van der Waals surface area contributed by atoms with Crippen LogP contribution in [-0.2, 0) is 11.2 Å². The lowest BCUT2D eigenvalue weighted by atomic mass is 9.99. The molecule has 3 aromatic carbocycles. The van der Waals surface area contributed by atoms with Gasteiger partial charge in [-0.1, -0.05) is 30.3 Å². The van der Waals surface area contributed by atoms with Crippen LogP contribution in [0.1, 0.15) is 36.8 Å². The van der Waals surface area contributed by atoms with Gasteiger partial charge in [0.2, 0.25) is 5.91 Å². The maximum absolute atomic E-state index is 11.4. The summed E-state index contributed by atoms with van der Waals surface area (Å²) in [4.78, 5) is 15.2. The van der Waals surface area contributed by atoms with E-state index in [9.17, 15) is 4.79 Å². The number of likely N-dealkylation sites (tertiary alicyclic amines) is 1. The molecule has 3 heterocycles. The molecule has 1 N–H and O–H groups in total. The predicted octanol–water partition coefficient (Wildman–Crippen LogP) is 6.29. The Morgan fingerprint density at radius 3 is 2.39 bits per heavy atom. The minimum atomic E-state index is 0.109. The van der Waals surface area contributed by atoms with Crippen LogP contribution in [0.5, 0.6) is 11.5 Å². The monoisotopic (exact) mass is 526 g/mol. The molecule has 2 saturated heterocycles. The second-order valence-electron chi connectivity index (χ2n) is 10.3. The second-order valence-corrected chi connectivity index (χ2v) is 11.3. The Balaban J connectivity index is 1.15. The fourth-order valence-corrected chi connectivity index (χ4v) is 6.64. The van der Waals surface area contributed by atoms with Gasteiger partial charge in [-0.2, -0.15) is 0 Å². The third kappa shape index (κ3) is 5.87. The van der Waals surface area contributed by atoms with E-state index >= 15 is 0 Å². The molecule has 1 aromatic heterocycles. The third-order valence-corrected chi connectivity index (χ3v) is 8.79. The van der Waals surface area contributed by atoms with Gasteiger partial charge in [-0.15, -0.1) is 11.3 Å². The zero-order chi connectivity index (χ0) is 25.7. The fourth-order valence-electron chi connectivity index (χ4n) is 5.42. The molecule has 5 nitrogen and oxygen atoms in total. The Labute approximate surface area is 228 Å². The number of carbonyl (C=O) groups excluding carboxylic acids is 1. The van der Waals surface area contributed by atoms with Gasteiger partial charge in [0.05, 0.1) is 6.04 Å². The maximum Gasteiger partial charge on any atom is 0.220 e. The molecule has 2 aliphatic rings. The van der Waals surface area contributed by atoms with E-state index in [0.717, 1.165) is 37.5 Å². The summed E-state index contributed by atoms with van der Waals surface area (Å²) in [5.41, 5.74) is 3.83. The second kappa shape index (κ2) is 11.6. The summed E-state index contributed by atoms with van der Waals surface area (Å²) in [5.74, 6) is 1.89. The quantitative estimate of drug-likeness (QED) is 0.264. The molecule has 0 unspecified atom stereocenters. The van der Waals surface area contributed by atoms with E-state index in [0.29, 0.717) is 13.0 Å². The maximum atomic E-state index is 11.4. The highest BCUT2D eigenvalue weighted by atomic mass is 32.1. The van der Waals surface area contributed by atoms with Crippen LogP contribution in [0, 0.1) is 0 Å². The van der Waals surface area contributed by atoms with Crippen LogP contribution in [0.4, 0.5) is 0 Å². The minimum Gasteiger partial charge on any atom is -0.492 e. The lowest BCUT2D eigenvalue weighted by Crippen LogP contribution is -2.30. The van der Waals surface area contributed by atoms with Gasteiger partial charge >= 0.3 is 0 Å². The number of hydrogen-bond donors (Lipinski definition) is 1. The van der Waals surface area contributed by atoms with Crippen LogP contribution in [0.3, 0.4) is 0 Å². The van der Waals surface area contributed by atoms with Crippen LogP contribution >= 0.6 is 11.3 Å². The van der Waals surface area contributed by atoms with Crippen LogP contribution in [-0.4, -0.2) is 49.7 Å². The van der Waals surface area contributed by atoms with Crippen molar-refractivity contribution in [3.8, 4) is 21.9 Å². The zero-order valence-electron chi connectivity index (χ0n) is 21.7. The van der Waals surface area contributed by atoms with E-state index < -0.39 is 0 Å². The van der Waals surface area contributed by atoms with Crippen LogP contribution in [0.15, 0.2) is 72.8 Å². The number of amides is 1. The summed E-state index contributed by atoms with van der Waals surface area (Å²) < 4.78 is 13.3. The predicted molar refractivity (Wildman–Crippen MR) is 154 cm³/mol. The lowest BCUT2D eigenvalue weighted by molar-refractivity contribution is -0.119. The first kappa shape index (κ1) is 25.0. The fraction of sp³-hybridized carbons (Fsp3) is 0.344. The number of ether oxygens (including phenoxy) is 2. The molecule has 2 fully saturated rings. The van der Waals surface area contributed by atoms with Gasteiger partial charge in [-0.3, -0.25) is 9.69 Å². The van der Waals surface area contributed by atoms with Crippen molar-refractivity contribution < 1.29 is 14.3 Å². The molecule has 0 spiro atoms. The highest BCUT2D eigenvalue weighted by Gasteiger charge is 2.21. The lowest BCUT2D eigenvalue weighted by Gasteiger charge is -2.15. The average molecular weight is 527 g/mol. The van der Waals surface area contributed by atoms with Crippen molar-refractivity contribution in [2.24, 2.45) is 0 Å². The number of carbonyl (C=O) groups is 1. The van der Waals surface area contributed by atoms with Crippen molar-refractivity contribution in [1.29, 1.82) is 0 Å². The van der Waals surface area contributed by atoms with Gasteiger partial charge in [-0.05, 0) is 103 Å². The van der Waals surface area contributed by atoms with Crippen LogP contribution < -0.4 is 14.8 Å². The van der Waals surface area contributed by atoms with Crippen LogP contribution in [0.2, 0.25) is 0 Å². The number of nitrogens with zero attached hydrogens (tertiary/aromatic N) is 1. The van der Waals surface area contributed by atoms with E-state index in [-0.39, 0.29) is 11.9 Å². The van der Waals surface area contributed by atoms with Crippen molar-refractivity contribution >= 4 is 27.3 Å². The highest BCUT2D eigenvalue weighted by Crippen LogP contribution is 2.40. The summed E-state index contributed by atoms with van der Waals surface area (Å²) in [6.45, 7) is 4.67. The highest BCUT2D eigenvalue weighted by molar-refractivity contribution is 7.22. The molecule has 0 aliphatic carbocycles. The van der Waals surface area contributed by atoms with Gasteiger partial charge in [-0.25, -0.2) is 0 Å². The Hall–Kier alpha value is -3.35.